The summed E-state index contributed by atoms with van der Waals surface area (Å²) in [6.45, 7) is 8.10. The average Bonchev–Trinajstić information content (AvgIpc) is 2.83. The number of hydrogen-bond acceptors (Lipinski definition) is 2. The number of hydrogen-bond donors (Lipinski definition) is 0. The van der Waals surface area contributed by atoms with E-state index in [0.29, 0.717) is 0 Å². The molecule has 0 fully saturated rings. The lowest BCUT2D eigenvalue weighted by atomic mass is 9.33. The molecule has 0 atom stereocenters. The third-order valence-corrected chi connectivity index (χ3v) is 7.79. The summed E-state index contributed by atoms with van der Waals surface area (Å²) in [6.07, 6.45) is 2.39. The van der Waals surface area contributed by atoms with Crippen molar-refractivity contribution in [1.82, 2.24) is 0 Å². The normalized spacial score (nSPS) is 15.2. The van der Waals surface area contributed by atoms with Gasteiger partial charge in [-0.15, -0.1) is 0 Å². The number of nitrogens with zero attached hydrogens (tertiary/aromatic N) is 2. The minimum Gasteiger partial charge on any atom is -0.342 e. The van der Waals surface area contributed by atoms with E-state index >= 15 is 0 Å². The van der Waals surface area contributed by atoms with Gasteiger partial charge >= 0.3 is 0 Å². The van der Waals surface area contributed by atoms with Crippen LogP contribution in [0.2, 0.25) is 0 Å². The van der Waals surface area contributed by atoms with Crippen LogP contribution in [0.4, 0.5) is 28.4 Å². The van der Waals surface area contributed by atoms with Gasteiger partial charge in [0.2, 0.25) is 0 Å². The molecule has 0 aliphatic carbocycles. The van der Waals surface area contributed by atoms with E-state index in [2.05, 4.69) is 103 Å². The SMILES string of the molecule is Cc1ccc2c(c1)N(c1ccccc1)c1cc(C)cc3c1B2c1ccc(C)c2c1N3CCC2. The molecular formula is C30H27BN2. The van der Waals surface area contributed by atoms with Gasteiger partial charge in [0.1, 0.15) is 0 Å². The number of benzene rings is 4. The van der Waals surface area contributed by atoms with Crippen LogP contribution in [-0.4, -0.2) is 13.3 Å². The number of fused-ring (bicyclic) bond motifs is 4. The molecule has 4 aromatic carbocycles. The van der Waals surface area contributed by atoms with Crippen LogP contribution in [0.25, 0.3) is 0 Å². The smallest absolute Gasteiger partial charge is 0.252 e. The summed E-state index contributed by atoms with van der Waals surface area (Å²) in [7, 11) is 0. The summed E-state index contributed by atoms with van der Waals surface area (Å²) in [6, 6.07) is 27.5. The van der Waals surface area contributed by atoms with Crippen LogP contribution in [0.3, 0.4) is 0 Å². The molecule has 0 radical (unpaired) electrons. The highest BCUT2D eigenvalue weighted by atomic mass is 15.2. The summed E-state index contributed by atoms with van der Waals surface area (Å²) in [5.74, 6) is 0. The largest absolute Gasteiger partial charge is 0.342 e. The number of para-hydroxylation sites is 1. The van der Waals surface area contributed by atoms with E-state index in [4.69, 9.17) is 0 Å². The molecule has 3 heterocycles. The zero-order valence-corrected chi connectivity index (χ0v) is 19.5. The highest BCUT2D eigenvalue weighted by Gasteiger charge is 2.44. The lowest BCUT2D eigenvalue weighted by Crippen LogP contribution is -2.62. The molecule has 3 heteroatoms. The Morgan fingerprint density at radius 1 is 0.727 bits per heavy atom. The maximum atomic E-state index is 2.63. The Bertz CT molecular complexity index is 1440. The highest BCUT2D eigenvalue weighted by Crippen LogP contribution is 2.44. The van der Waals surface area contributed by atoms with E-state index in [0.717, 1.165) is 6.54 Å². The average molecular weight is 426 g/mol. The van der Waals surface area contributed by atoms with E-state index < -0.39 is 0 Å². The molecule has 2 nitrogen and oxygen atoms in total. The molecule has 0 unspecified atom stereocenters. The molecule has 0 saturated carbocycles. The van der Waals surface area contributed by atoms with Gasteiger partial charge in [-0.3, -0.25) is 0 Å². The molecule has 0 amide bonds. The lowest BCUT2D eigenvalue weighted by Gasteiger charge is -2.46. The maximum Gasteiger partial charge on any atom is 0.252 e. The fourth-order valence-corrected chi connectivity index (χ4v) is 6.41. The Hall–Kier alpha value is -3.46. The van der Waals surface area contributed by atoms with Crippen molar-refractivity contribution in [2.75, 3.05) is 16.3 Å². The van der Waals surface area contributed by atoms with Crippen molar-refractivity contribution in [2.24, 2.45) is 0 Å². The van der Waals surface area contributed by atoms with Crippen molar-refractivity contribution < 1.29 is 0 Å². The maximum absolute atomic E-state index is 2.63. The van der Waals surface area contributed by atoms with Crippen LogP contribution < -0.4 is 26.2 Å². The number of rotatable bonds is 1. The van der Waals surface area contributed by atoms with Gasteiger partial charge in [-0.25, -0.2) is 0 Å². The molecule has 0 bridgehead atoms. The van der Waals surface area contributed by atoms with Crippen molar-refractivity contribution in [3.63, 3.8) is 0 Å². The molecule has 3 aliphatic heterocycles. The highest BCUT2D eigenvalue weighted by molar-refractivity contribution is 7.00. The topological polar surface area (TPSA) is 6.48 Å². The third-order valence-electron chi connectivity index (χ3n) is 7.79. The van der Waals surface area contributed by atoms with Gasteiger partial charge < -0.3 is 9.80 Å². The van der Waals surface area contributed by atoms with Gasteiger partial charge in [-0.1, -0.05) is 42.5 Å². The van der Waals surface area contributed by atoms with Crippen LogP contribution in [0.1, 0.15) is 28.7 Å². The quantitative estimate of drug-likeness (QED) is 0.335. The van der Waals surface area contributed by atoms with E-state index in [1.807, 2.05) is 0 Å². The Balaban J connectivity index is 1.62. The van der Waals surface area contributed by atoms with Crippen LogP contribution in [0.15, 0.2) is 72.8 Å². The van der Waals surface area contributed by atoms with Crippen molar-refractivity contribution >= 4 is 51.5 Å². The summed E-state index contributed by atoms with van der Waals surface area (Å²) >= 11 is 0. The lowest BCUT2D eigenvalue weighted by molar-refractivity contribution is 0.764. The summed E-state index contributed by atoms with van der Waals surface area (Å²) < 4.78 is 0. The van der Waals surface area contributed by atoms with Crippen LogP contribution >= 0.6 is 0 Å². The minimum absolute atomic E-state index is 0.273. The van der Waals surface area contributed by atoms with Gasteiger partial charge in [-0.05, 0) is 103 Å². The fourth-order valence-electron chi connectivity index (χ4n) is 6.41. The standard InChI is InChI=1S/C30H27BN2/c1-19-11-13-24-26(16-19)33(22-8-5-4-6-9-22)28-18-20(2)17-27-29(28)31(24)25-14-12-21(3)23-10-7-15-32(27)30(23)25/h4-6,8-9,11-14,16-18H,7,10,15H2,1-3H3. The molecular weight excluding hydrogens is 399 g/mol. The molecule has 0 aromatic heterocycles. The first-order valence-electron chi connectivity index (χ1n) is 12.1. The molecule has 33 heavy (non-hydrogen) atoms. The van der Waals surface area contributed by atoms with Gasteiger partial charge in [0.05, 0.1) is 0 Å². The first kappa shape index (κ1) is 19.1. The fraction of sp³-hybridized carbons (Fsp3) is 0.200. The second-order valence-corrected chi connectivity index (χ2v) is 9.94. The zero-order valence-electron chi connectivity index (χ0n) is 19.5. The van der Waals surface area contributed by atoms with Crippen molar-refractivity contribution in [3.05, 3.63) is 95.1 Å². The van der Waals surface area contributed by atoms with Crippen LogP contribution in [0, 0.1) is 20.8 Å². The Morgan fingerprint density at radius 3 is 2.33 bits per heavy atom. The first-order valence-corrected chi connectivity index (χ1v) is 12.1. The summed E-state index contributed by atoms with van der Waals surface area (Å²) in [4.78, 5) is 5.13. The second-order valence-electron chi connectivity index (χ2n) is 9.94. The first-order chi connectivity index (χ1) is 16.1. The molecule has 3 aliphatic rings. The predicted octanol–water partition coefficient (Wildman–Crippen LogP) is 5.31. The van der Waals surface area contributed by atoms with E-state index in [-0.39, 0.29) is 6.71 Å². The third kappa shape index (κ3) is 2.57. The van der Waals surface area contributed by atoms with E-state index in [1.165, 1.54) is 74.4 Å². The monoisotopic (exact) mass is 426 g/mol. The van der Waals surface area contributed by atoms with Crippen molar-refractivity contribution in [3.8, 4) is 0 Å². The van der Waals surface area contributed by atoms with E-state index in [1.54, 1.807) is 5.56 Å². The molecule has 0 N–H and O–H groups in total. The second kappa shape index (κ2) is 6.77. The molecule has 0 spiro atoms. The molecule has 160 valence electrons. The molecule has 7 rings (SSSR count). The van der Waals surface area contributed by atoms with Crippen LogP contribution in [0.5, 0.6) is 0 Å². The minimum atomic E-state index is 0.273. The van der Waals surface area contributed by atoms with Gasteiger partial charge in [0, 0.05) is 35.0 Å². The number of aryl methyl sites for hydroxylation is 3. The summed E-state index contributed by atoms with van der Waals surface area (Å²) in [5, 5.41) is 0. The Morgan fingerprint density at radius 2 is 1.48 bits per heavy atom. The zero-order chi connectivity index (χ0) is 22.3. The molecule has 0 saturated heterocycles. The Labute approximate surface area is 196 Å². The Kier molecular flexibility index (Phi) is 3.91. The van der Waals surface area contributed by atoms with Gasteiger partial charge in [0.15, 0.2) is 0 Å². The summed E-state index contributed by atoms with van der Waals surface area (Å²) in [5.41, 5.74) is 16.7. The van der Waals surface area contributed by atoms with Crippen LogP contribution in [-0.2, 0) is 6.42 Å². The van der Waals surface area contributed by atoms with Crippen molar-refractivity contribution in [1.29, 1.82) is 0 Å². The van der Waals surface area contributed by atoms with Crippen molar-refractivity contribution in [2.45, 2.75) is 33.6 Å². The van der Waals surface area contributed by atoms with Gasteiger partial charge in [0.25, 0.3) is 6.71 Å². The number of anilines is 5. The van der Waals surface area contributed by atoms with Gasteiger partial charge in [-0.2, -0.15) is 0 Å². The predicted molar refractivity (Wildman–Crippen MR) is 142 cm³/mol. The van der Waals surface area contributed by atoms with E-state index in [9.17, 15) is 0 Å². The molecule has 4 aromatic rings.